The van der Waals surface area contributed by atoms with Crippen LogP contribution in [0.5, 0.6) is 0 Å². The number of nitrogens with one attached hydrogen (secondary N) is 1. The van der Waals surface area contributed by atoms with Gasteiger partial charge in [-0.2, -0.15) is 5.10 Å². The van der Waals surface area contributed by atoms with E-state index in [0.29, 0.717) is 12.0 Å². The van der Waals surface area contributed by atoms with Crippen LogP contribution in [0.2, 0.25) is 5.02 Å². The van der Waals surface area contributed by atoms with Crippen LogP contribution in [0.1, 0.15) is 25.8 Å². The second-order valence-corrected chi connectivity index (χ2v) is 5.95. The third kappa shape index (κ3) is 4.56. The van der Waals surface area contributed by atoms with Crippen LogP contribution in [-0.2, 0) is 6.54 Å². The highest BCUT2D eigenvalue weighted by molar-refractivity contribution is 6.30. The minimum absolute atomic E-state index is 0.208. The molecule has 0 bridgehead atoms. The normalized spacial score (nSPS) is 12.8. The molecule has 0 aliphatic carbocycles. The molecule has 1 atom stereocenters. The van der Waals surface area contributed by atoms with Gasteiger partial charge in [-0.15, -0.1) is 0 Å². The van der Waals surface area contributed by atoms with Crippen molar-refractivity contribution in [3.63, 3.8) is 0 Å². The molecule has 2 aromatic rings. The first-order chi connectivity index (χ1) is 10.1. The van der Waals surface area contributed by atoms with Crippen LogP contribution < -0.4 is 5.32 Å². The Hall–Kier alpha value is -1.36. The molecule has 2 N–H and O–H groups in total. The van der Waals surface area contributed by atoms with Gasteiger partial charge in [0.1, 0.15) is 0 Å². The molecule has 114 valence electrons. The maximum atomic E-state index is 9.09. The summed E-state index contributed by atoms with van der Waals surface area (Å²) in [5, 5.41) is 17.7. The van der Waals surface area contributed by atoms with Gasteiger partial charge in [-0.05, 0) is 36.6 Å². The van der Waals surface area contributed by atoms with E-state index in [9.17, 15) is 0 Å². The molecule has 0 radical (unpaired) electrons. The number of nitrogens with zero attached hydrogens (tertiary/aromatic N) is 2. The van der Waals surface area contributed by atoms with E-state index < -0.39 is 0 Å². The molecule has 21 heavy (non-hydrogen) atoms. The van der Waals surface area contributed by atoms with Crippen LogP contribution in [0.3, 0.4) is 0 Å². The fourth-order valence-corrected chi connectivity index (χ4v) is 2.37. The Kier molecular flexibility index (Phi) is 5.79. The molecule has 0 spiro atoms. The van der Waals surface area contributed by atoms with E-state index in [4.69, 9.17) is 16.7 Å². The zero-order valence-corrected chi connectivity index (χ0v) is 13.2. The summed E-state index contributed by atoms with van der Waals surface area (Å²) in [6.45, 7) is 5.27. The zero-order chi connectivity index (χ0) is 15.2. The zero-order valence-electron chi connectivity index (χ0n) is 12.5. The van der Waals surface area contributed by atoms with Crippen molar-refractivity contribution in [1.29, 1.82) is 0 Å². The number of aliphatic hydroxyl groups is 1. The summed E-state index contributed by atoms with van der Waals surface area (Å²) in [5.41, 5.74) is 2.11. The van der Waals surface area contributed by atoms with Crippen molar-refractivity contribution in [2.75, 3.05) is 6.61 Å². The third-order valence-electron chi connectivity index (χ3n) is 3.54. The second-order valence-electron chi connectivity index (χ2n) is 5.51. The summed E-state index contributed by atoms with van der Waals surface area (Å²) in [6.07, 6.45) is 4.63. The summed E-state index contributed by atoms with van der Waals surface area (Å²) in [4.78, 5) is 0. The molecule has 0 fully saturated rings. The molecule has 1 aromatic heterocycles. The Bertz CT molecular complexity index is 551. The lowest BCUT2D eigenvalue weighted by molar-refractivity contribution is 0.244. The number of aromatic nitrogens is 2. The minimum Gasteiger partial charge on any atom is -0.396 e. The molecule has 0 aliphatic heterocycles. The number of benzene rings is 1. The van der Waals surface area contributed by atoms with E-state index in [1.54, 1.807) is 0 Å². The molecule has 1 aromatic carbocycles. The van der Waals surface area contributed by atoms with Crippen molar-refractivity contribution < 1.29 is 5.11 Å². The molecular weight excluding hydrogens is 286 g/mol. The Morgan fingerprint density at radius 2 is 2.00 bits per heavy atom. The number of halogens is 1. The largest absolute Gasteiger partial charge is 0.396 e. The van der Waals surface area contributed by atoms with Gasteiger partial charge in [-0.1, -0.05) is 25.4 Å². The Morgan fingerprint density at radius 1 is 1.29 bits per heavy atom. The number of hydrogen-bond acceptors (Lipinski definition) is 3. The fourth-order valence-electron chi connectivity index (χ4n) is 2.25. The van der Waals surface area contributed by atoms with Gasteiger partial charge < -0.3 is 10.4 Å². The van der Waals surface area contributed by atoms with E-state index in [1.807, 2.05) is 41.3 Å². The van der Waals surface area contributed by atoms with Gasteiger partial charge in [-0.25, -0.2) is 4.68 Å². The summed E-state index contributed by atoms with van der Waals surface area (Å²) < 4.78 is 1.84. The maximum absolute atomic E-state index is 9.09. The van der Waals surface area contributed by atoms with Crippen LogP contribution in [-0.4, -0.2) is 27.5 Å². The predicted octanol–water partition coefficient (Wildman–Crippen LogP) is 3.02. The highest BCUT2D eigenvalue weighted by atomic mass is 35.5. The molecule has 2 rings (SSSR count). The lowest BCUT2D eigenvalue weighted by atomic mass is 10.0. The van der Waals surface area contributed by atoms with Gasteiger partial charge in [0, 0.05) is 36.0 Å². The summed E-state index contributed by atoms with van der Waals surface area (Å²) >= 11 is 5.89. The van der Waals surface area contributed by atoms with E-state index in [2.05, 4.69) is 24.3 Å². The number of hydrogen-bond donors (Lipinski definition) is 2. The molecule has 4 nitrogen and oxygen atoms in total. The van der Waals surface area contributed by atoms with Gasteiger partial charge in [0.05, 0.1) is 11.9 Å². The van der Waals surface area contributed by atoms with Crippen LogP contribution in [0.4, 0.5) is 0 Å². The fraction of sp³-hybridized carbons (Fsp3) is 0.438. The quantitative estimate of drug-likeness (QED) is 0.826. The van der Waals surface area contributed by atoms with Gasteiger partial charge in [-0.3, -0.25) is 0 Å². The van der Waals surface area contributed by atoms with Crippen molar-refractivity contribution in [3.05, 3.63) is 47.2 Å². The highest BCUT2D eigenvalue weighted by Gasteiger charge is 2.12. The standard InChI is InChI=1S/C16H22ClN3O/c1-12(2)16(7-8-21)18-9-13-10-19-20(11-13)15-5-3-14(17)4-6-15/h3-6,10-12,16,18,21H,7-9H2,1-2H3. The second kappa shape index (κ2) is 7.59. The van der Waals surface area contributed by atoms with E-state index >= 15 is 0 Å². The van der Waals surface area contributed by atoms with Gasteiger partial charge >= 0.3 is 0 Å². The molecule has 1 heterocycles. The Labute approximate surface area is 130 Å². The third-order valence-corrected chi connectivity index (χ3v) is 3.79. The predicted molar refractivity (Wildman–Crippen MR) is 85.7 cm³/mol. The maximum Gasteiger partial charge on any atom is 0.0646 e. The first-order valence-electron chi connectivity index (χ1n) is 7.24. The molecule has 0 aliphatic rings. The van der Waals surface area contributed by atoms with Crippen LogP contribution in [0.25, 0.3) is 5.69 Å². The van der Waals surface area contributed by atoms with Gasteiger partial charge in [0.25, 0.3) is 0 Å². The van der Waals surface area contributed by atoms with E-state index in [1.165, 1.54) is 0 Å². The molecule has 0 saturated carbocycles. The smallest absolute Gasteiger partial charge is 0.0646 e. The van der Waals surface area contributed by atoms with Crippen LogP contribution in [0.15, 0.2) is 36.7 Å². The monoisotopic (exact) mass is 307 g/mol. The summed E-state index contributed by atoms with van der Waals surface area (Å²) in [6, 6.07) is 7.90. The SMILES string of the molecule is CC(C)C(CCO)NCc1cnn(-c2ccc(Cl)cc2)c1. The van der Waals surface area contributed by atoms with E-state index in [0.717, 1.165) is 29.2 Å². The van der Waals surface area contributed by atoms with Crippen molar-refractivity contribution in [2.45, 2.75) is 32.9 Å². The van der Waals surface area contributed by atoms with Gasteiger partial charge in [0.15, 0.2) is 0 Å². The number of aliphatic hydroxyl groups excluding tert-OH is 1. The highest BCUT2D eigenvalue weighted by Crippen LogP contribution is 2.14. The Balaban J connectivity index is 1.98. The summed E-state index contributed by atoms with van der Waals surface area (Å²) in [5.74, 6) is 0.489. The summed E-state index contributed by atoms with van der Waals surface area (Å²) in [7, 11) is 0. The average molecular weight is 308 g/mol. The van der Waals surface area contributed by atoms with Gasteiger partial charge in [0.2, 0.25) is 0 Å². The lowest BCUT2D eigenvalue weighted by Crippen LogP contribution is -2.34. The first-order valence-corrected chi connectivity index (χ1v) is 7.61. The van der Waals surface area contributed by atoms with Crippen molar-refractivity contribution in [3.8, 4) is 5.69 Å². The molecule has 5 heteroatoms. The average Bonchev–Trinajstić information content (AvgIpc) is 2.92. The van der Waals surface area contributed by atoms with Crippen molar-refractivity contribution in [2.24, 2.45) is 5.92 Å². The molecule has 0 amide bonds. The van der Waals surface area contributed by atoms with Crippen molar-refractivity contribution in [1.82, 2.24) is 15.1 Å². The first kappa shape index (κ1) is 16.0. The van der Waals surface area contributed by atoms with Crippen LogP contribution >= 0.6 is 11.6 Å². The van der Waals surface area contributed by atoms with Crippen molar-refractivity contribution >= 4 is 11.6 Å². The lowest BCUT2D eigenvalue weighted by Gasteiger charge is -2.21. The molecule has 1 unspecified atom stereocenters. The Morgan fingerprint density at radius 3 is 2.62 bits per heavy atom. The van der Waals surface area contributed by atoms with Crippen LogP contribution in [0, 0.1) is 5.92 Å². The topological polar surface area (TPSA) is 50.1 Å². The minimum atomic E-state index is 0.208. The molecule has 0 saturated heterocycles. The molecular formula is C16H22ClN3O. The van der Waals surface area contributed by atoms with E-state index in [-0.39, 0.29) is 6.61 Å². The number of rotatable bonds is 7.